The van der Waals surface area contributed by atoms with Crippen LogP contribution in [0.15, 0.2) is 6.20 Å². The van der Waals surface area contributed by atoms with Gasteiger partial charge < -0.3 is 20.1 Å². The Morgan fingerprint density at radius 3 is 2.53 bits per heavy atom. The van der Waals surface area contributed by atoms with Gasteiger partial charge in [0.05, 0.1) is 18.7 Å². The van der Waals surface area contributed by atoms with Gasteiger partial charge in [0.15, 0.2) is 0 Å². The number of carbonyl (C=O) groups excluding carboxylic acids is 2. The Hall–Kier alpha value is -2.53. The number of nitrogens with one attached hydrogen (secondary N) is 2. The molecule has 1 fully saturated rings. The maximum absolute atomic E-state index is 12.5. The SMILES string of the molecule is COC(=O)C1(Nc2nc(Cl)ncc2C#C[C@H](C)NC(=O)OC(C)(C)C)CCCCC1. The number of hydrogen-bond donors (Lipinski definition) is 2. The first-order valence-electron chi connectivity index (χ1n) is 9.95. The molecule has 1 amide bonds. The van der Waals surface area contributed by atoms with Gasteiger partial charge in [-0.15, -0.1) is 0 Å². The molecule has 0 bridgehead atoms. The van der Waals surface area contributed by atoms with E-state index in [1.165, 1.54) is 13.3 Å². The molecule has 8 nitrogen and oxygen atoms in total. The molecule has 1 aliphatic carbocycles. The predicted molar refractivity (Wildman–Crippen MR) is 114 cm³/mol. The first-order valence-corrected chi connectivity index (χ1v) is 10.3. The van der Waals surface area contributed by atoms with Crippen LogP contribution in [0, 0.1) is 11.8 Å². The van der Waals surface area contributed by atoms with Gasteiger partial charge in [-0.25, -0.2) is 14.6 Å². The molecule has 0 spiro atoms. The smallest absolute Gasteiger partial charge is 0.408 e. The molecule has 1 heterocycles. The van der Waals surface area contributed by atoms with Gasteiger partial charge in [-0.1, -0.05) is 31.1 Å². The third kappa shape index (κ3) is 6.77. The molecule has 2 N–H and O–H groups in total. The molecule has 0 radical (unpaired) electrons. The van der Waals surface area contributed by atoms with Crippen molar-refractivity contribution in [2.24, 2.45) is 0 Å². The highest BCUT2D eigenvalue weighted by Crippen LogP contribution is 2.33. The fraction of sp³-hybridized carbons (Fsp3) is 0.619. The van der Waals surface area contributed by atoms with E-state index in [2.05, 4.69) is 32.4 Å². The van der Waals surface area contributed by atoms with Crippen LogP contribution in [0.2, 0.25) is 5.28 Å². The average molecular weight is 437 g/mol. The second-order valence-electron chi connectivity index (χ2n) is 8.30. The quantitative estimate of drug-likeness (QED) is 0.421. The molecule has 0 aromatic carbocycles. The number of anilines is 1. The summed E-state index contributed by atoms with van der Waals surface area (Å²) >= 11 is 5.99. The lowest BCUT2D eigenvalue weighted by Crippen LogP contribution is -2.49. The van der Waals surface area contributed by atoms with Crippen molar-refractivity contribution in [3.05, 3.63) is 17.0 Å². The van der Waals surface area contributed by atoms with Crippen molar-refractivity contribution in [3.8, 4) is 11.8 Å². The van der Waals surface area contributed by atoms with Crippen LogP contribution in [-0.2, 0) is 14.3 Å². The first-order chi connectivity index (χ1) is 14.0. The van der Waals surface area contributed by atoms with Crippen molar-refractivity contribution in [3.63, 3.8) is 0 Å². The maximum Gasteiger partial charge on any atom is 0.408 e. The number of methoxy groups -OCH3 is 1. The van der Waals surface area contributed by atoms with Gasteiger partial charge in [-0.05, 0) is 52.1 Å². The highest BCUT2D eigenvalue weighted by atomic mass is 35.5. The number of rotatable bonds is 4. The Kier molecular flexibility index (Phi) is 7.90. The number of amides is 1. The maximum atomic E-state index is 12.5. The topological polar surface area (TPSA) is 102 Å². The summed E-state index contributed by atoms with van der Waals surface area (Å²) in [5.74, 6) is 5.90. The average Bonchev–Trinajstić information content (AvgIpc) is 2.65. The van der Waals surface area contributed by atoms with Crippen molar-refractivity contribution >= 4 is 29.5 Å². The van der Waals surface area contributed by atoms with E-state index in [4.69, 9.17) is 21.1 Å². The van der Waals surface area contributed by atoms with Crippen molar-refractivity contribution < 1.29 is 19.1 Å². The van der Waals surface area contributed by atoms with Crippen molar-refractivity contribution in [2.45, 2.75) is 77.0 Å². The summed E-state index contributed by atoms with van der Waals surface area (Å²) in [6.45, 7) is 7.09. The molecule has 2 rings (SSSR count). The summed E-state index contributed by atoms with van der Waals surface area (Å²) in [5, 5.41) is 5.92. The number of nitrogens with zero attached hydrogens (tertiary/aromatic N) is 2. The van der Waals surface area contributed by atoms with Crippen molar-refractivity contribution in [2.75, 3.05) is 12.4 Å². The van der Waals surface area contributed by atoms with Crippen molar-refractivity contribution in [1.29, 1.82) is 0 Å². The Morgan fingerprint density at radius 1 is 1.27 bits per heavy atom. The molecule has 1 atom stereocenters. The summed E-state index contributed by atoms with van der Waals surface area (Å²) in [7, 11) is 1.37. The minimum Gasteiger partial charge on any atom is -0.467 e. The van der Waals surface area contributed by atoms with Gasteiger partial charge in [0.2, 0.25) is 5.28 Å². The molecule has 30 heavy (non-hydrogen) atoms. The lowest BCUT2D eigenvalue weighted by Gasteiger charge is -2.35. The zero-order valence-electron chi connectivity index (χ0n) is 18.1. The lowest BCUT2D eigenvalue weighted by atomic mass is 9.81. The van der Waals surface area contributed by atoms with E-state index >= 15 is 0 Å². The number of hydrogen-bond acceptors (Lipinski definition) is 7. The fourth-order valence-corrected chi connectivity index (χ4v) is 3.34. The highest BCUT2D eigenvalue weighted by molar-refractivity contribution is 6.28. The number of carbonyl (C=O) groups is 2. The number of ether oxygens (including phenoxy) is 2. The Bertz CT molecular complexity index is 836. The van der Waals surface area contributed by atoms with Gasteiger partial charge in [0.25, 0.3) is 0 Å². The molecular formula is C21H29ClN4O4. The van der Waals surface area contributed by atoms with Crippen LogP contribution in [0.1, 0.15) is 65.4 Å². The van der Waals surface area contributed by atoms with Crippen LogP contribution >= 0.6 is 11.6 Å². The van der Waals surface area contributed by atoms with Crippen LogP contribution in [0.25, 0.3) is 0 Å². The van der Waals surface area contributed by atoms with E-state index in [9.17, 15) is 9.59 Å². The van der Waals surface area contributed by atoms with Crippen LogP contribution < -0.4 is 10.6 Å². The van der Waals surface area contributed by atoms with Gasteiger partial charge in [-0.2, -0.15) is 4.98 Å². The summed E-state index contributed by atoms with van der Waals surface area (Å²) < 4.78 is 10.3. The second-order valence-corrected chi connectivity index (χ2v) is 8.64. The van der Waals surface area contributed by atoms with Crippen LogP contribution in [0.5, 0.6) is 0 Å². The molecule has 1 aromatic heterocycles. The van der Waals surface area contributed by atoms with E-state index in [1.54, 1.807) is 27.7 Å². The monoisotopic (exact) mass is 436 g/mol. The fourth-order valence-electron chi connectivity index (χ4n) is 3.21. The Balaban J connectivity index is 2.22. The molecule has 0 unspecified atom stereocenters. The highest BCUT2D eigenvalue weighted by Gasteiger charge is 2.41. The standard InChI is InChI=1S/C21H29ClN4O4/c1-14(24-19(28)30-20(2,3)4)9-10-15-13-23-18(22)25-16(15)26-21(17(27)29-5)11-7-6-8-12-21/h13-14H,6-8,11-12H2,1-5H3,(H,24,28)(H,23,25,26)/t14-/m0/s1. The summed E-state index contributed by atoms with van der Waals surface area (Å²) in [4.78, 5) is 32.7. The summed E-state index contributed by atoms with van der Waals surface area (Å²) in [6.07, 6.45) is 5.05. The third-order valence-corrected chi connectivity index (χ3v) is 4.74. The first kappa shape index (κ1) is 23.7. The second kappa shape index (κ2) is 9.98. The lowest BCUT2D eigenvalue weighted by molar-refractivity contribution is -0.147. The normalized spacial score (nSPS) is 16.5. The van der Waals surface area contributed by atoms with E-state index in [0.29, 0.717) is 24.2 Å². The molecular weight excluding hydrogens is 408 g/mol. The number of aromatic nitrogens is 2. The molecule has 164 valence electrons. The van der Waals surface area contributed by atoms with Crippen LogP contribution in [0.3, 0.4) is 0 Å². The Morgan fingerprint density at radius 2 is 1.93 bits per heavy atom. The zero-order valence-corrected chi connectivity index (χ0v) is 18.9. The predicted octanol–water partition coefficient (Wildman–Crippen LogP) is 3.68. The van der Waals surface area contributed by atoms with Gasteiger partial charge in [0, 0.05) is 6.20 Å². The third-order valence-electron chi connectivity index (χ3n) is 4.56. The van der Waals surface area contributed by atoms with E-state index in [1.807, 2.05) is 0 Å². The Labute approximate surface area is 182 Å². The minimum absolute atomic E-state index is 0.0406. The van der Waals surface area contributed by atoms with Gasteiger partial charge >= 0.3 is 12.1 Å². The van der Waals surface area contributed by atoms with Gasteiger partial charge in [0.1, 0.15) is 17.0 Å². The summed E-state index contributed by atoms with van der Waals surface area (Å²) in [5.41, 5.74) is -1.01. The van der Waals surface area contributed by atoms with E-state index in [0.717, 1.165) is 19.3 Å². The number of alkyl carbamates (subject to hydrolysis) is 1. The zero-order chi connectivity index (χ0) is 22.4. The van der Waals surface area contributed by atoms with E-state index < -0.39 is 23.3 Å². The molecule has 0 aliphatic heterocycles. The minimum atomic E-state index is -0.874. The molecule has 1 aliphatic rings. The van der Waals surface area contributed by atoms with E-state index in [-0.39, 0.29) is 11.3 Å². The molecule has 1 aromatic rings. The number of esters is 1. The molecule has 0 saturated heterocycles. The number of halogens is 1. The van der Waals surface area contributed by atoms with Gasteiger partial charge in [-0.3, -0.25) is 0 Å². The summed E-state index contributed by atoms with van der Waals surface area (Å²) in [6, 6.07) is -0.479. The largest absolute Gasteiger partial charge is 0.467 e. The van der Waals surface area contributed by atoms with Crippen molar-refractivity contribution in [1.82, 2.24) is 15.3 Å². The van der Waals surface area contributed by atoms with Crippen LogP contribution in [-0.4, -0.2) is 46.3 Å². The molecule has 1 saturated carbocycles. The van der Waals surface area contributed by atoms with Crippen LogP contribution in [0.4, 0.5) is 10.6 Å². The molecule has 9 heteroatoms.